The molecule has 36 heavy (non-hydrogen) atoms. The van der Waals surface area contributed by atoms with Crippen molar-refractivity contribution in [3.05, 3.63) is 88.9 Å². The highest BCUT2D eigenvalue weighted by Crippen LogP contribution is 2.31. The number of ether oxygens (including phenoxy) is 3. The Kier molecular flexibility index (Phi) is 7.65. The Labute approximate surface area is 212 Å². The molecule has 184 valence electrons. The minimum atomic E-state index is -0.694. The molecule has 4 rings (SSSR count). The zero-order valence-electron chi connectivity index (χ0n) is 19.3. The second kappa shape index (κ2) is 11.0. The van der Waals surface area contributed by atoms with Crippen LogP contribution in [0.15, 0.2) is 72.8 Å². The van der Waals surface area contributed by atoms with E-state index in [9.17, 15) is 19.2 Å². The molecule has 0 bridgehead atoms. The number of anilines is 1. The fourth-order valence-corrected chi connectivity index (χ4v) is 3.97. The lowest BCUT2D eigenvalue weighted by Gasteiger charge is -2.17. The van der Waals surface area contributed by atoms with Crippen molar-refractivity contribution >= 4 is 40.9 Å². The minimum Gasteiger partial charge on any atom is -0.497 e. The predicted molar refractivity (Wildman–Crippen MR) is 132 cm³/mol. The predicted octanol–water partition coefficient (Wildman–Crippen LogP) is 4.35. The normalized spacial score (nSPS) is 14.9. The van der Waals surface area contributed by atoms with Crippen LogP contribution in [0.4, 0.5) is 5.69 Å². The molecule has 1 atom stereocenters. The van der Waals surface area contributed by atoms with Crippen LogP contribution < -0.4 is 14.4 Å². The van der Waals surface area contributed by atoms with Crippen LogP contribution in [0, 0.1) is 5.92 Å². The van der Waals surface area contributed by atoms with Gasteiger partial charge in [-0.2, -0.15) is 0 Å². The van der Waals surface area contributed by atoms with E-state index < -0.39 is 30.2 Å². The maximum absolute atomic E-state index is 12.5. The first kappa shape index (κ1) is 24.9. The van der Waals surface area contributed by atoms with E-state index in [0.29, 0.717) is 22.0 Å². The van der Waals surface area contributed by atoms with Crippen molar-refractivity contribution in [1.82, 2.24) is 0 Å². The highest BCUT2D eigenvalue weighted by Gasteiger charge is 2.37. The monoisotopic (exact) mass is 507 g/mol. The highest BCUT2D eigenvalue weighted by molar-refractivity contribution is 6.33. The van der Waals surface area contributed by atoms with Gasteiger partial charge in [0.2, 0.25) is 5.91 Å². The zero-order chi connectivity index (χ0) is 25.7. The van der Waals surface area contributed by atoms with Gasteiger partial charge in [-0.25, -0.2) is 4.79 Å². The molecular weight excluding hydrogens is 486 g/mol. The Bertz CT molecular complexity index is 1310. The van der Waals surface area contributed by atoms with E-state index >= 15 is 0 Å². The standard InChI is InChI=1S/C27H22ClNO7/c1-34-21-6-4-5-18(13-21)27(33)36-20-11-9-17(10-12-20)24(30)16-35-26(32)19-14-25(31)29(15-19)23-8-3-2-7-22(23)28/h2-13,19H,14-16H2,1H3/t19-/m1/s1. The molecule has 0 radical (unpaired) electrons. The number of nitrogens with zero attached hydrogens (tertiary/aromatic N) is 1. The topological polar surface area (TPSA) is 99.2 Å². The molecule has 1 aliphatic heterocycles. The number of halogens is 1. The van der Waals surface area contributed by atoms with Gasteiger partial charge in [0.05, 0.1) is 29.3 Å². The summed E-state index contributed by atoms with van der Waals surface area (Å²) < 4.78 is 15.6. The molecule has 0 unspecified atom stereocenters. The first-order chi connectivity index (χ1) is 17.4. The second-order valence-electron chi connectivity index (χ2n) is 8.03. The average molecular weight is 508 g/mol. The van der Waals surface area contributed by atoms with Crippen LogP contribution in [0.2, 0.25) is 5.02 Å². The number of carbonyl (C=O) groups is 4. The van der Waals surface area contributed by atoms with Crippen molar-refractivity contribution in [3.8, 4) is 11.5 Å². The molecule has 8 nitrogen and oxygen atoms in total. The highest BCUT2D eigenvalue weighted by atomic mass is 35.5. The Morgan fingerprint density at radius 2 is 1.69 bits per heavy atom. The van der Waals surface area contributed by atoms with Crippen molar-refractivity contribution in [1.29, 1.82) is 0 Å². The third-order valence-corrected chi connectivity index (χ3v) is 5.96. The number of Topliss-reactive ketones (excluding diaryl/α,β-unsaturated/α-hetero) is 1. The first-order valence-electron chi connectivity index (χ1n) is 11.1. The summed E-state index contributed by atoms with van der Waals surface area (Å²) in [5.41, 5.74) is 1.13. The van der Waals surface area contributed by atoms with Crippen molar-refractivity contribution in [2.45, 2.75) is 6.42 Å². The van der Waals surface area contributed by atoms with Crippen molar-refractivity contribution in [3.63, 3.8) is 0 Å². The van der Waals surface area contributed by atoms with Crippen LogP contribution in [-0.2, 0) is 14.3 Å². The number of esters is 2. The summed E-state index contributed by atoms with van der Waals surface area (Å²) in [6.07, 6.45) is -0.0222. The lowest BCUT2D eigenvalue weighted by molar-refractivity contribution is -0.147. The molecule has 1 heterocycles. The van der Waals surface area contributed by atoms with Crippen LogP contribution in [0.1, 0.15) is 27.1 Å². The number of hydrogen-bond donors (Lipinski definition) is 0. The van der Waals surface area contributed by atoms with Gasteiger partial charge in [-0.15, -0.1) is 0 Å². The molecular formula is C27H22ClNO7. The summed E-state index contributed by atoms with van der Waals surface area (Å²) in [4.78, 5) is 51.1. The van der Waals surface area contributed by atoms with Crippen LogP contribution in [-0.4, -0.2) is 43.9 Å². The number of amides is 1. The van der Waals surface area contributed by atoms with Crippen molar-refractivity contribution in [2.75, 3.05) is 25.2 Å². The van der Waals surface area contributed by atoms with Crippen LogP contribution in [0.25, 0.3) is 0 Å². The van der Waals surface area contributed by atoms with E-state index in [0.717, 1.165) is 0 Å². The molecule has 1 aliphatic rings. The van der Waals surface area contributed by atoms with Crippen molar-refractivity contribution < 1.29 is 33.4 Å². The smallest absolute Gasteiger partial charge is 0.343 e. The first-order valence-corrected chi connectivity index (χ1v) is 11.4. The summed E-state index contributed by atoms with van der Waals surface area (Å²) in [6, 6.07) is 19.3. The molecule has 0 aliphatic carbocycles. The number of rotatable bonds is 8. The largest absolute Gasteiger partial charge is 0.497 e. The molecule has 1 saturated heterocycles. The zero-order valence-corrected chi connectivity index (χ0v) is 20.1. The van der Waals surface area contributed by atoms with E-state index in [1.54, 1.807) is 48.5 Å². The van der Waals surface area contributed by atoms with Gasteiger partial charge in [0.1, 0.15) is 11.5 Å². The lowest BCUT2D eigenvalue weighted by Crippen LogP contribution is -2.27. The summed E-state index contributed by atoms with van der Waals surface area (Å²) in [5.74, 6) is -1.79. The SMILES string of the molecule is COc1cccc(C(=O)Oc2ccc(C(=O)COC(=O)[C@@H]3CC(=O)N(c4ccccc4Cl)C3)cc2)c1. The van der Waals surface area contributed by atoms with Gasteiger partial charge < -0.3 is 19.1 Å². The fourth-order valence-electron chi connectivity index (χ4n) is 3.73. The molecule has 3 aromatic rings. The number of para-hydroxylation sites is 1. The van der Waals surface area contributed by atoms with Crippen molar-refractivity contribution in [2.24, 2.45) is 5.92 Å². The van der Waals surface area contributed by atoms with Crippen LogP contribution in [0.5, 0.6) is 11.5 Å². The van der Waals surface area contributed by atoms with Crippen LogP contribution in [0.3, 0.4) is 0 Å². The van der Waals surface area contributed by atoms with Gasteiger partial charge >= 0.3 is 11.9 Å². The number of ketones is 1. The van der Waals surface area contributed by atoms with Gasteiger partial charge in [-0.1, -0.05) is 29.8 Å². The van der Waals surface area contributed by atoms with Gasteiger partial charge in [0.15, 0.2) is 12.4 Å². The second-order valence-corrected chi connectivity index (χ2v) is 8.44. The van der Waals surface area contributed by atoms with E-state index in [1.165, 1.54) is 36.3 Å². The van der Waals surface area contributed by atoms with Crippen LogP contribution >= 0.6 is 11.6 Å². The van der Waals surface area contributed by atoms with E-state index in [1.807, 2.05) is 0 Å². The molecule has 0 spiro atoms. The number of carbonyl (C=O) groups excluding carboxylic acids is 4. The summed E-state index contributed by atoms with van der Waals surface area (Å²) in [6.45, 7) is -0.346. The average Bonchev–Trinajstić information content (AvgIpc) is 3.29. The Morgan fingerprint density at radius 3 is 2.42 bits per heavy atom. The van der Waals surface area contributed by atoms with E-state index in [4.69, 9.17) is 25.8 Å². The minimum absolute atomic E-state index is 0.0222. The number of methoxy groups -OCH3 is 1. The molecule has 3 aromatic carbocycles. The van der Waals surface area contributed by atoms with E-state index in [2.05, 4.69) is 0 Å². The molecule has 9 heteroatoms. The molecule has 1 fully saturated rings. The Morgan fingerprint density at radius 1 is 0.944 bits per heavy atom. The Hall–Kier alpha value is -4.17. The van der Waals surface area contributed by atoms with Gasteiger partial charge in [-0.05, 0) is 54.6 Å². The third-order valence-electron chi connectivity index (χ3n) is 5.64. The maximum atomic E-state index is 12.5. The lowest BCUT2D eigenvalue weighted by atomic mass is 10.1. The molecule has 0 aromatic heterocycles. The van der Waals surface area contributed by atoms with Gasteiger partial charge in [-0.3, -0.25) is 14.4 Å². The van der Waals surface area contributed by atoms with Gasteiger partial charge in [0.25, 0.3) is 0 Å². The number of hydrogen-bond acceptors (Lipinski definition) is 7. The van der Waals surface area contributed by atoms with E-state index in [-0.39, 0.29) is 30.2 Å². The van der Waals surface area contributed by atoms with Gasteiger partial charge in [0, 0.05) is 18.5 Å². The molecule has 0 saturated carbocycles. The quantitative estimate of drug-likeness (QED) is 0.254. The molecule has 1 amide bonds. The Balaban J connectivity index is 1.30. The maximum Gasteiger partial charge on any atom is 0.343 e. The summed E-state index contributed by atoms with van der Waals surface area (Å²) in [7, 11) is 1.50. The summed E-state index contributed by atoms with van der Waals surface area (Å²) >= 11 is 6.16. The summed E-state index contributed by atoms with van der Waals surface area (Å²) in [5, 5.41) is 0.410. The fraction of sp³-hybridized carbons (Fsp3) is 0.185. The molecule has 0 N–H and O–H groups in total. The number of benzene rings is 3. The third kappa shape index (κ3) is 5.72.